The van der Waals surface area contributed by atoms with Crippen LogP contribution >= 0.6 is 31.9 Å². The first-order valence-electron chi connectivity index (χ1n) is 12.1. The van der Waals surface area contributed by atoms with Gasteiger partial charge in [-0.3, -0.25) is 0 Å². The summed E-state index contributed by atoms with van der Waals surface area (Å²) in [6.45, 7) is 0. The lowest BCUT2D eigenvalue weighted by atomic mass is 9.92. The van der Waals surface area contributed by atoms with E-state index in [0.29, 0.717) is 0 Å². The van der Waals surface area contributed by atoms with Gasteiger partial charge in [0.2, 0.25) is 0 Å². The molecule has 8 rings (SSSR count). The largest absolute Gasteiger partial charge is 0.0616 e. The van der Waals surface area contributed by atoms with Gasteiger partial charge in [0.15, 0.2) is 0 Å². The van der Waals surface area contributed by atoms with Crippen molar-refractivity contribution < 1.29 is 0 Å². The summed E-state index contributed by atoms with van der Waals surface area (Å²) in [5.41, 5.74) is 0. The smallest absolute Gasteiger partial charge is 0.0338 e. The van der Waals surface area contributed by atoms with Gasteiger partial charge in [0.25, 0.3) is 0 Å². The zero-order chi connectivity index (χ0) is 24.0. The van der Waals surface area contributed by atoms with Gasteiger partial charge in [0.05, 0.1) is 0 Å². The van der Waals surface area contributed by atoms with Gasteiger partial charge in [-0.1, -0.05) is 70.5 Å². The van der Waals surface area contributed by atoms with Crippen molar-refractivity contribution in [1.82, 2.24) is 0 Å². The first-order valence-corrected chi connectivity index (χ1v) is 13.6. The molecule has 0 saturated heterocycles. The number of fused-ring (bicyclic) bond motifs is 9. The second-order valence-corrected chi connectivity index (χ2v) is 11.4. The van der Waals surface area contributed by atoms with Crippen molar-refractivity contribution in [2.75, 3.05) is 0 Å². The fraction of sp³-hybridized carbons (Fsp3) is 0. The van der Waals surface area contributed by atoms with Crippen molar-refractivity contribution in [3.63, 3.8) is 0 Å². The SMILES string of the molecule is Brc1ccc2cc3cc4ccc5c(ccc6cc7cc8ccccc8cc7c(Br)c65)c4cc3cc2c1. The highest BCUT2D eigenvalue weighted by atomic mass is 79.9. The van der Waals surface area contributed by atoms with E-state index in [9.17, 15) is 0 Å². The number of rotatable bonds is 0. The third-order valence-electron chi connectivity index (χ3n) is 7.61. The third-order valence-corrected chi connectivity index (χ3v) is 8.93. The highest BCUT2D eigenvalue weighted by Gasteiger charge is 2.12. The van der Waals surface area contributed by atoms with E-state index in [0.717, 1.165) is 4.47 Å². The summed E-state index contributed by atoms with van der Waals surface area (Å²) in [5, 5.41) is 17.8. The molecular weight excluding hydrogens is 568 g/mol. The Morgan fingerprint density at radius 1 is 0.333 bits per heavy atom. The van der Waals surface area contributed by atoms with Crippen molar-refractivity contribution in [2.45, 2.75) is 0 Å². The quantitative estimate of drug-likeness (QED) is 0.123. The maximum absolute atomic E-state index is 4.02. The van der Waals surface area contributed by atoms with Crippen LogP contribution in [0.5, 0.6) is 0 Å². The molecule has 0 unspecified atom stereocenters. The molecule has 0 nitrogen and oxygen atoms in total. The van der Waals surface area contributed by atoms with E-state index in [4.69, 9.17) is 0 Å². The van der Waals surface area contributed by atoms with Crippen LogP contribution in [0.15, 0.2) is 118 Å². The zero-order valence-electron chi connectivity index (χ0n) is 19.1. The molecule has 168 valence electrons. The van der Waals surface area contributed by atoms with Crippen LogP contribution in [-0.2, 0) is 0 Å². The minimum Gasteiger partial charge on any atom is -0.0616 e. The molecule has 0 aliphatic carbocycles. The Bertz CT molecular complexity index is 2220. The molecule has 0 radical (unpaired) electrons. The zero-order valence-corrected chi connectivity index (χ0v) is 22.3. The summed E-state index contributed by atoms with van der Waals surface area (Å²) < 4.78 is 2.28. The van der Waals surface area contributed by atoms with Gasteiger partial charge in [0, 0.05) is 14.3 Å². The van der Waals surface area contributed by atoms with Gasteiger partial charge in [-0.15, -0.1) is 0 Å². The molecule has 0 saturated carbocycles. The predicted octanol–water partition coefficient (Wildman–Crippen LogP) is 11.3. The van der Waals surface area contributed by atoms with Crippen LogP contribution in [0.1, 0.15) is 0 Å². The second-order valence-electron chi connectivity index (χ2n) is 9.70. The normalized spacial score (nSPS) is 12.2. The van der Waals surface area contributed by atoms with Gasteiger partial charge in [-0.25, -0.2) is 0 Å². The molecule has 0 aromatic heterocycles. The Morgan fingerprint density at radius 2 is 0.889 bits per heavy atom. The van der Waals surface area contributed by atoms with Crippen molar-refractivity contribution in [1.29, 1.82) is 0 Å². The number of benzene rings is 8. The molecule has 0 heterocycles. The van der Waals surface area contributed by atoms with Crippen LogP contribution in [0.25, 0.3) is 75.4 Å². The van der Waals surface area contributed by atoms with Gasteiger partial charge >= 0.3 is 0 Å². The van der Waals surface area contributed by atoms with Crippen molar-refractivity contribution in [2.24, 2.45) is 0 Å². The van der Waals surface area contributed by atoms with Crippen molar-refractivity contribution in [3.8, 4) is 0 Å². The molecule has 0 amide bonds. The van der Waals surface area contributed by atoms with Crippen LogP contribution in [0, 0.1) is 0 Å². The maximum Gasteiger partial charge on any atom is 0.0338 e. The molecule has 8 aromatic rings. The Hall–Kier alpha value is -3.46. The van der Waals surface area contributed by atoms with Crippen molar-refractivity contribution >= 4 is 107 Å². The van der Waals surface area contributed by atoms with E-state index in [1.54, 1.807) is 0 Å². The van der Waals surface area contributed by atoms with Gasteiger partial charge in [-0.05, 0) is 141 Å². The summed E-state index contributed by atoms with van der Waals surface area (Å²) >= 11 is 7.65. The monoisotopic (exact) mass is 584 g/mol. The Labute approximate surface area is 224 Å². The van der Waals surface area contributed by atoms with Crippen LogP contribution in [-0.4, -0.2) is 0 Å². The molecule has 0 N–H and O–H groups in total. The summed E-state index contributed by atoms with van der Waals surface area (Å²) in [6, 6.07) is 40.5. The molecule has 0 bridgehead atoms. The fourth-order valence-corrected chi connectivity index (χ4v) is 7.03. The van der Waals surface area contributed by atoms with Crippen molar-refractivity contribution in [3.05, 3.63) is 118 Å². The summed E-state index contributed by atoms with van der Waals surface area (Å²) in [4.78, 5) is 0. The maximum atomic E-state index is 4.02. The van der Waals surface area contributed by atoms with E-state index in [-0.39, 0.29) is 0 Å². The van der Waals surface area contributed by atoms with Gasteiger partial charge < -0.3 is 0 Å². The molecule has 0 aliphatic heterocycles. The third kappa shape index (κ3) is 2.98. The standard InChI is InChI=1S/C34H18Br2/c35-28-8-5-21-11-24-13-22-6-10-30-29(31(22)18-26(24)15-25(21)16-28)9-7-23-14-27-12-19-3-1-2-4-20(19)17-32(27)34(36)33(23)30/h1-18H. The first-order chi connectivity index (χ1) is 17.6. The van der Waals surface area contributed by atoms with Crippen LogP contribution in [0.4, 0.5) is 0 Å². The molecule has 36 heavy (non-hydrogen) atoms. The topological polar surface area (TPSA) is 0 Å². The average Bonchev–Trinajstić information content (AvgIpc) is 2.89. The highest BCUT2D eigenvalue weighted by molar-refractivity contribution is 9.11. The lowest BCUT2D eigenvalue weighted by Crippen LogP contribution is -1.86. The molecule has 2 heteroatoms. The van der Waals surface area contributed by atoms with Gasteiger partial charge in [-0.2, -0.15) is 0 Å². The predicted molar refractivity (Wildman–Crippen MR) is 164 cm³/mol. The second kappa shape index (κ2) is 7.52. The average molecular weight is 586 g/mol. The summed E-state index contributed by atoms with van der Waals surface area (Å²) in [5.74, 6) is 0. The van der Waals surface area contributed by atoms with Crippen LogP contribution in [0.2, 0.25) is 0 Å². The van der Waals surface area contributed by atoms with Crippen LogP contribution < -0.4 is 0 Å². The molecule has 0 fully saturated rings. The number of halogens is 2. The van der Waals surface area contributed by atoms with E-state index in [1.165, 1.54) is 79.9 Å². The first kappa shape index (κ1) is 20.7. The molecule has 0 spiro atoms. The van der Waals surface area contributed by atoms with E-state index >= 15 is 0 Å². The molecule has 0 aliphatic rings. The molecular formula is C34H18Br2. The minimum absolute atomic E-state index is 1.11. The Morgan fingerprint density at radius 3 is 1.78 bits per heavy atom. The lowest BCUT2D eigenvalue weighted by molar-refractivity contribution is 1.73. The number of hydrogen-bond donors (Lipinski definition) is 0. The lowest BCUT2D eigenvalue weighted by Gasteiger charge is -2.13. The molecule has 0 atom stereocenters. The minimum atomic E-state index is 1.11. The Kier molecular flexibility index (Phi) is 4.33. The Balaban J connectivity index is 1.47. The fourth-order valence-electron chi connectivity index (χ4n) is 5.86. The van der Waals surface area contributed by atoms with Gasteiger partial charge in [0.1, 0.15) is 0 Å². The highest BCUT2D eigenvalue weighted by Crippen LogP contribution is 2.41. The van der Waals surface area contributed by atoms with E-state index in [2.05, 4.69) is 141 Å². The summed E-state index contributed by atoms with van der Waals surface area (Å²) in [7, 11) is 0. The molecule has 8 aromatic carbocycles. The van der Waals surface area contributed by atoms with E-state index < -0.39 is 0 Å². The number of hydrogen-bond acceptors (Lipinski definition) is 0. The van der Waals surface area contributed by atoms with Crippen LogP contribution in [0.3, 0.4) is 0 Å². The summed E-state index contributed by atoms with van der Waals surface area (Å²) in [6.07, 6.45) is 0. The van der Waals surface area contributed by atoms with E-state index in [1.807, 2.05) is 0 Å².